The monoisotopic (exact) mass is 389 g/mol. The van der Waals surface area contributed by atoms with Gasteiger partial charge in [-0.3, -0.25) is 20.2 Å². The van der Waals surface area contributed by atoms with Gasteiger partial charge in [0.1, 0.15) is 0 Å². The molecule has 5 rings (SSSR count). The van der Waals surface area contributed by atoms with Gasteiger partial charge in [-0.1, -0.05) is 5.16 Å². The lowest BCUT2D eigenvalue weighted by Gasteiger charge is -2.54. The fourth-order valence-electron chi connectivity index (χ4n) is 4.68. The van der Waals surface area contributed by atoms with E-state index in [9.17, 15) is 14.4 Å². The van der Waals surface area contributed by atoms with E-state index in [0.717, 1.165) is 0 Å². The van der Waals surface area contributed by atoms with Crippen molar-refractivity contribution < 1.29 is 28.0 Å². The van der Waals surface area contributed by atoms with Crippen LogP contribution < -0.4 is 21.3 Å². The van der Waals surface area contributed by atoms with Crippen molar-refractivity contribution in [2.75, 3.05) is 23.8 Å². The number of ether oxygens (including phenoxy) is 1. The number of nitrogens with zero attached hydrogens (tertiary/aromatic N) is 2. The minimum Gasteiger partial charge on any atom is -0.380 e. The van der Waals surface area contributed by atoms with Crippen molar-refractivity contribution in [2.45, 2.75) is 25.5 Å². The lowest BCUT2D eigenvalue weighted by molar-refractivity contribution is -0.151. The molecule has 0 bridgehead atoms. The first-order valence-corrected chi connectivity index (χ1v) is 8.76. The molecule has 10 nitrogen and oxygen atoms in total. The van der Waals surface area contributed by atoms with Crippen LogP contribution in [0.2, 0.25) is 0 Å². The van der Waals surface area contributed by atoms with Crippen LogP contribution in [0.1, 0.15) is 12.5 Å². The van der Waals surface area contributed by atoms with Crippen LogP contribution in [0, 0.1) is 11.2 Å². The van der Waals surface area contributed by atoms with Gasteiger partial charge in [-0.05, 0) is 18.6 Å². The molecule has 146 valence electrons. The van der Waals surface area contributed by atoms with E-state index >= 15 is 4.39 Å². The maximum atomic E-state index is 15.3. The van der Waals surface area contributed by atoms with Crippen molar-refractivity contribution >= 4 is 40.3 Å². The minimum atomic E-state index is -1.66. The molecule has 11 heteroatoms. The summed E-state index contributed by atoms with van der Waals surface area (Å²) in [6.45, 7) is 2.25. The zero-order chi connectivity index (χ0) is 19.8. The van der Waals surface area contributed by atoms with E-state index in [1.165, 1.54) is 0 Å². The molecule has 1 spiro atoms. The summed E-state index contributed by atoms with van der Waals surface area (Å²) in [6, 6.07) is -0.115. The van der Waals surface area contributed by atoms with E-state index in [1.54, 1.807) is 17.9 Å². The third-order valence-electron chi connectivity index (χ3n) is 5.81. The number of benzene rings is 1. The van der Waals surface area contributed by atoms with Gasteiger partial charge in [0.25, 0.3) is 0 Å². The van der Waals surface area contributed by atoms with Crippen molar-refractivity contribution in [1.29, 1.82) is 0 Å². The highest BCUT2D eigenvalue weighted by molar-refractivity contribution is 6.20. The van der Waals surface area contributed by atoms with E-state index in [0.29, 0.717) is 5.56 Å². The number of carbonyl (C=O) groups is 3. The van der Waals surface area contributed by atoms with Gasteiger partial charge in [-0.15, -0.1) is 0 Å². The standard InChI is InChI=1S/C17H16FN5O5/c1-6-12-17(14(24)20-16(26)21-15(17)25)5-7-4-8-11(28-22-13(8)19)9(18)10(7)23(12)2-3-27-6/h4,6,12H,2-3,5H2,1H3,(H2,19,22)(H2,20,21,24,25,26)/t6-,12+/m0/s1. The number of carbonyl (C=O) groups excluding carboxylic acids is 3. The molecule has 0 aliphatic carbocycles. The van der Waals surface area contributed by atoms with Crippen LogP contribution in [0.3, 0.4) is 0 Å². The smallest absolute Gasteiger partial charge is 0.328 e. The third-order valence-corrected chi connectivity index (χ3v) is 5.81. The molecule has 2 saturated heterocycles. The number of barbiturate groups is 1. The second-order valence-corrected chi connectivity index (χ2v) is 7.24. The largest absolute Gasteiger partial charge is 0.380 e. The Morgan fingerprint density at radius 1 is 1.32 bits per heavy atom. The summed E-state index contributed by atoms with van der Waals surface area (Å²) in [6.07, 6.45) is -0.693. The first kappa shape index (κ1) is 16.9. The number of nitrogens with one attached hydrogen (secondary N) is 2. The summed E-state index contributed by atoms with van der Waals surface area (Å²) in [5.74, 6) is -2.12. The topological polar surface area (TPSA) is 140 Å². The van der Waals surface area contributed by atoms with E-state index in [1.807, 2.05) is 0 Å². The molecule has 28 heavy (non-hydrogen) atoms. The summed E-state index contributed by atoms with van der Waals surface area (Å²) in [5, 5.41) is 8.21. The van der Waals surface area contributed by atoms with Crippen LogP contribution in [0.25, 0.3) is 11.0 Å². The maximum Gasteiger partial charge on any atom is 0.328 e. The first-order valence-electron chi connectivity index (χ1n) is 8.76. The van der Waals surface area contributed by atoms with Gasteiger partial charge in [-0.25, -0.2) is 9.18 Å². The summed E-state index contributed by atoms with van der Waals surface area (Å²) in [7, 11) is 0. The number of hydrogen-bond acceptors (Lipinski definition) is 8. The minimum absolute atomic E-state index is 0.0101. The highest BCUT2D eigenvalue weighted by atomic mass is 19.1. The van der Waals surface area contributed by atoms with Crippen LogP contribution in [-0.4, -0.2) is 48.3 Å². The van der Waals surface area contributed by atoms with Crippen LogP contribution in [0.4, 0.5) is 20.7 Å². The predicted octanol–water partition coefficient (Wildman–Crippen LogP) is 0.0513. The van der Waals surface area contributed by atoms with Crippen molar-refractivity contribution in [2.24, 2.45) is 5.41 Å². The SMILES string of the molecule is C[C@@H]1OCCN2c3c(cc4c(N)noc4c3F)CC3(C(=O)NC(=O)NC3=O)[C@@H]12. The molecule has 0 saturated carbocycles. The molecule has 4 heterocycles. The molecule has 2 atom stereocenters. The summed E-state index contributed by atoms with van der Waals surface area (Å²) in [4.78, 5) is 39.2. The lowest BCUT2D eigenvalue weighted by atomic mass is 9.66. The molecule has 1 aromatic heterocycles. The third kappa shape index (κ3) is 1.93. The van der Waals surface area contributed by atoms with Gasteiger partial charge in [0, 0.05) is 13.0 Å². The molecule has 3 aliphatic rings. The Morgan fingerprint density at radius 3 is 2.75 bits per heavy atom. The Bertz CT molecular complexity index is 1050. The number of morpholine rings is 1. The fourth-order valence-corrected chi connectivity index (χ4v) is 4.68. The number of rotatable bonds is 0. The number of nitrogens with two attached hydrogens (primary N) is 1. The van der Waals surface area contributed by atoms with E-state index in [4.69, 9.17) is 15.0 Å². The van der Waals surface area contributed by atoms with Crippen LogP contribution in [0.15, 0.2) is 10.6 Å². The van der Waals surface area contributed by atoms with Crippen LogP contribution >= 0.6 is 0 Å². The van der Waals surface area contributed by atoms with Gasteiger partial charge >= 0.3 is 6.03 Å². The van der Waals surface area contributed by atoms with Crippen molar-refractivity contribution in [3.63, 3.8) is 0 Å². The van der Waals surface area contributed by atoms with Gasteiger partial charge in [0.05, 0.1) is 29.8 Å². The Kier molecular flexibility index (Phi) is 3.27. The van der Waals surface area contributed by atoms with Crippen molar-refractivity contribution in [3.05, 3.63) is 17.4 Å². The van der Waals surface area contributed by atoms with Crippen LogP contribution in [-0.2, 0) is 20.7 Å². The zero-order valence-electron chi connectivity index (χ0n) is 14.7. The molecule has 4 amide bonds. The Labute approximate surface area is 157 Å². The molecular weight excluding hydrogens is 373 g/mol. The molecule has 2 fully saturated rings. The number of amides is 4. The Balaban J connectivity index is 1.79. The molecule has 2 aromatic rings. The number of hydrogen-bond donors (Lipinski definition) is 3. The highest BCUT2D eigenvalue weighted by Crippen LogP contribution is 2.48. The first-order chi connectivity index (χ1) is 13.3. The quantitative estimate of drug-likeness (QED) is 0.537. The number of halogens is 1. The predicted molar refractivity (Wildman–Crippen MR) is 92.7 cm³/mol. The summed E-state index contributed by atoms with van der Waals surface area (Å²) in [5.41, 5.74) is 4.66. The van der Waals surface area contributed by atoms with E-state index in [-0.39, 0.29) is 42.0 Å². The average Bonchev–Trinajstić information content (AvgIpc) is 3.00. The normalized spacial score (nSPS) is 26.1. The number of imide groups is 2. The highest BCUT2D eigenvalue weighted by Gasteiger charge is 2.62. The molecule has 4 N–H and O–H groups in total. The zero-order valence-corrected chi connectivity index (χ0v) is 14.7. The Hall–Kier alpha value is -3.21. The van der Waals surface area contributed by atoms with Crippen molar-refractivity contribution in [1.82, 2.24) is 15.8 Å². The molecule has 0 unspecified atom stereocenters. The number of nitrogen functional groups attached to an aromatic ring is 1. The molecule has 1 aromatic carbocycles. The van der Waals surface area contributed by atoms with E-state index < -0.39 is 41.2 Å². The fraction of sp³-hybridized carbons (Fsp3) is 0.412. The average molecular weight is 389 g/mol. The second-order valence-electron chi connectivity index (χ2n) is 7.24. The summed E-state index contributed by atoms with van der Waals surface area (Å²) < 4.78 is 26.1. The van der Waals surface area contributed by atoms with E-state index in [2.05, 4.69) is 15.8 Å². The van der Waals surface area contributed by atoms with Gasteiger partial charge in [0.15, 0.2) is 17.1 Å². The Morgan fingerprint density at radius 2 is 2.04 bits per heavy atom. The number of fused-ring (bicyclic) bond motifs is 5. The molecule has 0 radical (unpaired) electrons. The molecule has 3 aliphatic heterocycles. The number of anilines is 2. The number of urea groups is 1. The van der Waals surface area contributed by atoms with Gasteiger partial charge < -0.3 is 19.9 Å². The van der Waals surface area contributed by atoms with Crippen molar-refractivity contribution in [3.8, 4) is 0 Å². The van der Waals surface area contributed by atoms with Gasteiger partial charge in [-0.2, -0.15) is 0 Å². The van der Waals surface area contributed by atoms with Gasteiger partial charge in [0.2, 0.25) is 17.4 Å². The number of aromatic nitrogens is 1. The summed E-state index contributed by atoms with van der Waals surface area (Å²) >= 11 is 0. The maximum absolute atomic E-state index is 15.3. The molecular formula is C17H16FN5O5. The lowest BCUT2D eigenvalue weighted by Crippen LogP contribution is -2.74. The van der Waals surface area contributed by atoms with Crippen LogP contribution in [0.5, 0.6) is 0 Å². The second kappa shape index (κ2) is 5.41.